The van der Waals surface area contributed by atoms with Gasteiger partial charge >= 0.3 is 0 Å². The van der Waals surface area contributed by atoms with Crippen LogP contribution in [0.25, 0.3) is 22.6 Å². The van der Waals surface area contributed by atoms with Crippen LogP contribution in [0.15, 0.2) is 76.1 Å². The number of rotatable bonds is 6. The number of fused-ring (bicyclic) bond motifs is 1. The van der Waals surface area contributed by atoms with Crippen LogP contribution in [0.5, 0.6) is 11.5 Å². The van der Waals surface area contributed by atoms with Crippen molar-refractivity contribution in [2.45, 2.75) is 6.61 Å². The molecule has 0 aliphatic rings. The summed E-state index contributed by atoms with van der Waals surface area (Å²) in [6.07, 6.45) is 3.34. The molecular formula is C23H17N3O4S. The average molecular weight is 431 g/mol. The van der Waals surface area contributed by atoms with Crippen LogP contribution in [0.1, 0.15) is 11.1 Å². The number of hydrogen-bond donors (Lipinski definition) is 0. The topological polar surface area (TPSA) is 78.9 Å². The minimum atomic E-state index is -0.228. The van der Waals surface area contributed by atoms with E-state index in [4.69, 9.17) is 13.9 Å². The van der Waals surface area contributed by atoms with E-state index in [9.17, 15) is 4.79 Å². The summed E-state index contributed by atoms with van der Waals surface area (Å²) in [5.41, 5.74) is 1.66. The van der Waals surface area contributed by atoms with Crippen LogP contribution in [0.3, 0.4) is 0 Å². The Morgan fingerprint density at radius 1 is 1.10 bits per heavy atom. The molecule has 0 radical (unpaired) electrons. The first-order valence-electron chi connectivity index (χ1n) is 9.51. The van der Waals surface area contributed by atoms with Gasteiger partial charge < -0.3 is 13.9 Å². The van der Waals surface area contributed by atoms with Gasteiger partial charge in [-0.15, -0.1) is 5.10 Å². The molecule has 0 aliphatic carbocycles. The van der Waals surface area contributed by atoms with Crippen LogP contribution < -0.4 is 19.6 Å². The van der Waals surface area contributed by atoms with Crippen LogP contribution in [-0.2, 0) is 6.61 Å². The Balaban J connectivity index is 1.43. The number of benzene rings is 2. The third kappa shape index (κ3) is 3.80. The highest BCUT2D eigenvalue weighted by Crippen LogP contribution is 2.29. The summed E-state index contributed by atoms with van der Waals surface area (Å²) >= 11 is 1.27. The zero-order valence-corrected chi connectivity index (χ0v) is 17.3. The van der Waals surface area contributed by atoms with Crippen LogP contribution >= 0.6 is 11.3 Å². The number of aromatic nitrogens is 3. The van der Waals surface area contributed by atoms with Gasteiger partial charge in [-0.3, -0.25) is 4.79 Å². The molecule has 0 amide bonds. The fourth-order valence-corrected chi connectivity index (χ4v) is 4.03. The molecule has 0 N–H and O–H groups in total. The number of thiazole rings is 1. The van der Waals surface area contributed by atoms with E-state index in [0.717, 1.165) is 11.1 Å². The second-order valence-corrected chi connectivity index (χ2v) is 7.72. The predicted molar refractivity (Wildman–Crippen MR) is 117 cm³/mol. The minimum absolute atomic E-state index is 0.228. The third-order valence-corrected chi connectivity index (χ3v) is 5.61. The molecule has 0 aliphatic heterocycles. The molecule has 0 saturated heterocycles. The zero-order valence-electron chi connectivity index (χ0n) is 16.5. The lowest BCUT2D eigenvalue weighted by molar-refractivity contribution is 0.284. The molecule has 3 aromatic heterocycles. The Morgan fingerprint density at radius 3 is 2.71 bits per heavy atom. The SMILES string of the molecule is COc1cc(C=c2sc3nc(-c4ccco4)nn3c2=O)ccc1OCc1ccccc1. The highest BCUT2D eigenvalue weighted by molar-refractivity contribution is 7.15. The Kier molecular flexibility index (Phi) is 4.97. The second kappa shape index (κ2) is 8.08. The van der Waals surface area contributed by atoms with Crippen LogP contribution in [0.4, 0.5) is 0 Å². The van der Waals surface area contributed by atoms with Gasteiger partial charge in [-0.05, 0) is 41.5 Å². The average Bonchev–Trinajstić information content (AvgIpc) is 3.52. The highest BCUT2D eigenvalue weighted by Gasteiger charge is 2.14. The summed E-state index contributed by atoms with van der Waals surface area (Å²) in [6.45, 7) is 0.441. The quantitative estimate of drug-likeness (QED) is 0.409. The van der Waals surface area contributed by atoms with Crippen molar-refractivity contribution >= 4 is 22.4 Å². The summed E-state index contributed by atoms with van der Waals surface area (Å²) in [5.74, 6) is 2.14. The third-order valence-electron chi connectivity index (χ3n) is 4.65. The lowest BCUT2D eigenvalue weighted by Crippen LogP contribution is -2.23. The molecule has 0 atom stereocenters. The van der Waals surface area contributed by atoms with Crippen molar-refractivity contribution in [1.29, 1.82) is 0 Å². The summed E-state index contributed by atoms with van der Waals surface area (Å²) in [4.78, 5) is 17.7. The highest BCUT2D eigenvalue weighted by atomic mass is 32.1. The Labute approximate surface area is 180 Å². The molecule has 0 saturated carbocycles. The number of hydrogen-bond acceptors (Lipinski definition) is 7. The summed E-state index contributed by atoms with van der Waals surface area (Å²) in [6, 6.07) is 19.0. The largest absolute Gasteiger partial charge is 0.493 e. The predicted octanol–water partition coefficient (Wildman–Crippen LogP) is 3.55. The standard InChI is InChI=1S/C23H17N3O4S/c1-28-19-12-16(9-10-17(19)30-14-15-6-3-2-4-7-15)13-20-22(27)26-23(31-20)24-21(25-26)18-8-5-11-29-18/h2-13H,14H2,1H3. The van der Waals surface area contributed by atoms with Crippen molar-refractivity contribution in [1.82, 2.24) is 14.6 Å². The first kappa shape index (κ1) is 19.1. The van der Waals surface area contributed by atoms with Crippen LogP contribution in [0.2, 0.25) is 0 Å². The van der Waals surface area contributed by atoms with Crippen molar-refractivity contribution < 1.29 is 13.9 Å². The van der Waals surface area contributed by atoms with Crippen LogP contribution in [-0.4, -0.2) is 21.7 Å². The molecule has 7 nitrogen and oxygen atoms in total. The van der Waals surface area contributed by atoms with Gasteiger partial charge in [0.15, 0.2) is 17.3 Å². The van der Waals surface area contributed by atoms with E-state index in [1.165, 1.54) is 15.9 Å². The Morgan fingerprint density at radius 2 is 1.97 bits per heavy atom. The van der Waals surface area contributed by atoms with E-state index >= 15 is 0 Å². The van der Waals surface area contributed by atoms with E-state index in [1.54, 1.807) is 31.6 Å². The van der Waals surface area contributed by atoms with Gasteiger partial charge in [-0.25, -0.2) is 0 Å². The second-order valence-electron chi connectivity index (χ2n) is 6.71. The van der Waals surface area contributed by atoms with Gasteiger partial charge in [0.05, 0.1) is 17.9 Å². The summed E-state index contributed by atoms with van der Waals surface area (Å²) < 4.78 is 18.5. The van der Waals surface area contributed by atoms with Crippen LogP contribution in [0, 0.1) is 0 Å². The summed E-state index contributed by atoms with van der Waals surface area (Å²) in [7, 11) is 1.59. The maximum absolute atomic E-state index is 12.7. The minimum Gasteiger partial charge on any atom is -0.493 e. The fourth-order valence-electron chi connectivity index (χ4n) is 3.12. The van der Waals surface area contributed by atoms with E-state index in [-0.39, 0.29) is 5.56 Å². The van der Waals surface area contributed by atoms with E-state index in [2.05, 4.69) is 10.1 Å². The molecule has 0 bridgehead atoms. The first-order chi connectivity index (χ1) is 15.2. The molecule has 3 heterocycles. The molecule has 5 rings (SSSR count). The summed E-state index contributed by atoms with van der Waals surface area (Å²) in [5, 5.41) is 4.26. The smallest absolute Gasteiger partial charge is 0.291 e. The molecule has 154 valence electrons. The Hall–Kier alpha value is -3.91. The zero-order chi connectivity index (χ0) is 21.2. The lowest BCUT2D eigenvalue weighted by Gasteiger charge is -2.11. The van der Waals surface area contributed by atoms with Gasteiger partial charge in [-0.2, -0.15) is 9.50 Å². The van der Waals surface area contributed by atoms with Gasteiger partial charge in [0, 0.05) is 0 Å². The number of methoxy groups -OCH3 is 1. The van der Waals surface area contributed by atoms with E-state index < -0.39 is 0 Å². The van der Waals surface area contributed by atoms with Crippen molar-refractivity contribution in [2.24, 2.45) is 0 Å². The molecule has 5 aromatic rings. The van der Waals surface area contributed by atoms with Gasteiger partial charge in [-0.1, -0.05) is 47.7 Å². The molecule has 0 fully saturated rings. The van der Waals surface area contributed by atoms with Crippen molar-refractivity contribution in [2.75, 3.05) is 7.11 Å². The molecule has 0 unspecified atom stereocenters. The number of ether oxygens (including phenoxy) is 2. The Bertz CT molecular complexity index is 1440. The first-order valence-corrected chi connectivity index (χ1v) is 10.3. The lowest BCUT2D eigenvalue weighted by atomic mass is 10.2. The fraction of sp³-hybridized carbons (Fsp3) is 0.0870. The van der Waals surface area contributed by atoms with Crippen molar-refractivity contribution in [3.8, 4) is 23.1 Å². The monoisotopic (exact) mass is 431 g/mol. The normalized spacial score (nSPS) is 11.8. The van der Waals surface area contributed by atoms with Gasteiger partial charge in [0.1, 0.15) is 6.61 Å². The van der Waals surface area contributed by atoms with E-state index in [1.807, 2.05) is 48.5 Å². The van der Waals surface area contributed by atoms with Gasteiger partial charge in [0.25, 0.3) is 5.56 Å². The van der Waals surface area contributed by atoms with E-state index in [0.29, 0.717) is 39.2 Å². The molecule has 8 heteroatoms. The molecule has 0 spiro atoms. The number of nitrogens with zero attached hydrogens (tertiary/aromatic N) is 3. The number of furan rings is 1. The molecule has 31 heavy (non-hydrogen) atoms. The van der Waals surface area contributed by atoms with Crippen molar-refractivity contribution in [3.05, 3.63) is 92.9 Å². The maximum Gasteiger partial charge on any atom is 0.291 e. The van der Waals surface area contributed by atoms with Gasteiger partial charge in [0.2, 0.25) is 10.8 Å². The molecule has 2 aromatic carbocycles. The van der Waals surface area contributed by atoms with Crippen molar-refractivity contribution in [3.63, 3.8) is 0 Å². The maximum atomic E-state index is 12.7. The molecular weight excluding hydrogens is 414 g/mol.